The molecule has 0 spiro atoms. The number of benzene rings is 1. The fourth-order valence-corrected chi connectivity index (χ4v) is 1.32. The van der Waals surface area contributed by atoms with E-state index in [1.54, 1.807) is 12.3 Å². The summed E-state index contributed by atoms with van der Waals surface area (Å²) in [6.07, 6.45) is 1.64. The number of pyridine rings is 1. The molecule has 0 aliphatic rings. The topological polar surface area (TPSA) is 53.1 Å². The first kappa shape index (κ1) is 7.86. The number of hydrogen-bond acceptors (Lipinski definition) is 2. The first-order valence-corrected chi connectivity index (χ1v) is 3.99. The summed E-state index contributed by atoms with van der Waals surface area (Å²) < 4.78 is 0. The van der Waals surface area contributed by atoms with Crippen LogP contribution in [0.4, 0.5) is 0 Å². The van der Waals surface area contributed by atoms with Gasteiger partial charge in [-0.05, 0) is 35.4 Å². The number of H-pyrrole nitrogens is 1. The van der Waals surface area contributed by atoms with E-state index in [0.29, 0.717) is 0 Å². The molecule has 2 rings (SSSR count). The highest BCUT2D eigenvalue weighted by atomic mass is 16.3. The lowest BCUT2D eigenvalue weighted by atomic mass is 10.1. The molecule has 0 aliphatic carbocycles. The van der Waals surface area contributed by atoms with Gasteiger partial charge in [-0.1, -0.05) is 0 Å². The third kappa shape index (κ3) is 1.28. The van der Waals surface area contributed by atoms with Gasteiger partial charge in [-0.25, -0.2) is 0 Å². The number of phenols is 1. The molecule has 0 saturated heterocycles. The molecule has 3 nitrogen and oxygen atoms in total. The molecule has 3 heteroatoms. The van der Waals surface area contributed by atoms with Crippen LogP contribution >= 0.6 is 0 Å². The van der Waals surface area contributed by atoms with E-state index in [1.807, 2.05) is 13.0 Å². The van der Waals surface area contributed by atoms with E-state index >= 15 is 0 Å². The van der Waals surface area contributed by atoms with Gasteiger partial charge in [0.15, 0.2) is 0 Å². The maximum atomic E-state index is 10.9. The lowest BCUT2D eigenvalue weighted by Gasteiger charge is -2.01. The second-order valence-electron chi connectivity index (χ2n) is 3.06. The Bertz CT molecular complexity index is 514. The second kappa shape index (κ2) is 2.62. The van der Waals surface area contributed by atoms with Crippen LogP contribution in [-0.2, 0) is 0 Å². The summed E-state index contributed by atoms with van der Waals surface area (Å²) in [6, 6.07) is 4.90. The van der Waals surface area contributed by atoms with Crippen LogP contribution in [0, 0.1) is 6.92 Å². The van der Waals surface area contributed by atoms with Crippen molar-refractivity contribution < 1.29 is 5.11 Å². The number of fused-ring (bicyclic) bond motifs is 1. The zero-order valence-corrected chi connectivity index (χ0v) is 7.16. The van der Waals surface area contributed by atoms with Crippen molar-refractivity contribution in [3.05, 3.63) is 40.3 Å². The predicted molar refractivity (Wildman–Crippen MR) is 51.0 cm³/mol. The molecule has 2 aromatic rings. The molecular weight excluding hydrogens is 166 g/mol. The Labute approximate surface area is 74.7 Å². The molecule has 0 unspecified atom stereocenters. The molecule has 0 fully saturated rings. The minimum absolute atomic E-state index is 0.157. The summed E-state index contributed by atoms with van der Waals surface area (Å²) in [4.78, 5) is 13.5. The molecule has 1 aromatic heterocycles. The third-order valence-electron chi connectivity index (χ3n) is 2.06. The number of aromatic amines is 1. The molecule has 13 heavy (non-hydrogen) atoms. The summed E-state index contributed by atoms with van der Waals surface area (Å²) in [5.74, 6) is 0.220. The summed E-state index contributed by atoms with van der Waals surface area (Å²) in [5.41, 5.74) is 0.648. The highest BCUT2D eigenvalue weighted by molar-refractivity contribution is 5.83. The zero-order valence-electron chi connectivity index (χ0n) is 7.16. The Morgan fingerprint density at radius 2 is 2.00 bits per heavy atom. The number of aromatic nitrogens is 1. The Morgan fingerprint density at radius 1 is 1.23 bits per heavy atom. The van der Waals surface area contributed by atoms with Crippen LogP contribution in [-0.4, -0.2) is 10.1 Å². The maximum Gasteiger partial charge on any atom is 0.248 e. The summed E-state index contributed by atoms with van der Waals surface area (Å²) in [7, 11) is 0. The molecule has 0 aliphatic heterocycles. The Morgan fingerprint density at radius 3 is 2.77 bits per heavy atom. The predicted octanol–water partition coefficient (Wildman–Crippen LogP) is 1.54. The molecule has 0 amide bonds. The molecule has 0 radical (unpaired) electrons. The summed E-state index contributed by atoms with van der Waals surface area (Å²) in [5, 5.41) is 11.1. The average molecular weight is 175 g/mol. The fraction of sp³-hybridized carbons (Fsp3) is 0.100. The molecule has 2 N–H and O–H groups in total. The SMILES string of the molecule is Cc1cc2c[nH]c(=O)cc2cc1O. The van der Waals surface area contributed by atoms with Crippen LogP contribution in [0.1, 0.15) is 5.56 Å². The van der Waals surface area contributed by atoms with Crippen LogP contribution in [0.3, 0.4) is 0 Å². The molecule has 0 saturated carbocycles. The van der Waals surface area contributed by atoms with E-state index in [9.17, 15) is 9.90 Å². The smallest absolute Gasteiger partial charge is 0.248 e. The van der Waals surface area contributed by atoms with E-state index in [1.165, 1.54) is 6.07 Å². The quantitative estimate of drug-likeness (QED) is 0.638. The van der Waals surface area contributed by atoms with Crippen molar-refractivity contribution in [1.82, 2.24) is 4.98 Å². The van der Waals surface area contributed by atoms with Gasteiger partial charge in [0.25, 0.3) is 0 Å². The van der Waals surface area contributed by atoms with E-state index < -0.39 is 0 Å². The van der Waals surface area contributed by atoms with Crippen molar-refractivity contribution in [3.63, 3.8) is 0 Å². The summed E-state index contributed by atoms with van der Waals surface area (Å²) >= 11 is 0. The first-order chi connectivity index (χ1) is 6.16. The number of phenolic OH excluding ortho intramolecular Hbond substituents is 1. The normalized spacial score (nSPS) is 10.5. The second-order valence-corrected chi connectivity index (χ2v) is 3.06. The van der Waals surface area contributed by atoms with Crippen LogP contribution in [0.25, 0.3) is 10.8 Å². The Kier molecular flexibility index (Phi) is 1.59. The largest absolute Gasteiger partial charge is 0.508 e. The van der Waals surface area contributed by atoms with Crippen molar-refractivity contribution in [3.8, 4) is 5.75 Å². The third-order valence-corrected chi connectivity index (χ3v) is 2.06. The van der Waals surface area contributed by atoms with Crippen LogP contribution in [0.5, 0.6) is 5.75 Å². The highest BCUT2D eigenvalue weighted by Crippen LogP contribution is 2.22. The molecule has 66 valence electrons. The van der Waals surface area contributed by atoms with Gasteiger partial charge in [0.1, 0.15) is 5.75 Å². The van der Waals surface area contributed by atoms with Crippen LogP contribution in [0.2, 0.25) is 0 Å². The molecule has 1 aromatic carbocycles. The van der Waals surface area contributed by atoms with Gasteiger partial charge < -0.3 is 10.1 Å². The minimum Gasteiger partial charge on any atom is -0.508 e. The number of aromatic hydroxyl groups is 1. The molecule has 0 atom stereocenters. The lowest BCUT2D eigenvalue weighted by molar-refractivity contribution is 0.472. The van der Waals surface area contributed by atoms with Gasteiger partial charge >= 0.3 is 0 Å². The first-order valence-electron chi connectivity index (χ1n) is 3.99. The maximum absolute atomic E-state index is 10.9. The van der Waals surface area contributed by atoms with Gasteiger partial charge in [-0.3, -0.25) is 4.79 Å². The average Bonchev–Trinajstić information content (AvgIpc) is 2.08. The fourth-order valence-electron chi connectivity index (χ4n) is 1.32. The Balaban J connectivity index is 2.89. The monoisotopic (exact) mass is 175 g/mol. The number of nitrogens with one attached hydrogen (secondary N) is 1. The van der Waals surface area contributed by atoms with Crippen LogP contribution < -0.4 is 5.56 Å². The molecule has 1 heterocycles. The van der Waals surface area contributed by atoms with Gasteiger partial charge in [-0.15, -0.1) is 0 Å². The highest BCUT2D eigenvalue weighted by Gasteiger charge is 1.99. The number of rotatable bonds is 0. The van der Waals surface area contributed by atoms with Gasteiger partial charge in [-0.2, -0.15) is 0 Å². The van der Waals surface area contributed by atoms with E-state index in [-0.39, 0.29) is 11.3 Å². The molecule has 0 bridgehead atoms. The van der Waals surface area contributed by atoms with Crippen molar-refractivity contribution in [2.24, 2.45) is 0 Å². The van der Waals surface area contributed by atoms with Gasteiger partial charge in [0, 0.05) is 12.3 Å². The zero-order chi connectivity index (χ0) is 9.42. The van der Waals surface area contributed by atoms with E-state index in [4.69, 9.17) is 0 Å². The Hall–Kier alpha value is -1.77. The number of hydrogen-bond donors (Lipinski definition) is 2. The van der Waals surface area contributed by atoms with Gasteiger partial charge in [0.2, 0.25) is 5.56 Å². The van der Waals surface area contributed by atoms with E-state index in [0.717, 1.165) is 16.3 Å². The van der Waals surface area contributed by atoms with Gasteiger partial charge in [0.05, 0.1) is 0 Å². The van der Waals surface area contributed by atoms with E-state index in [2.05, 4.69) is 4.98 Å². The van der Waals surface area contributed by atoms with Crippen molar-refractivity contribution in [2.75, 3.05) is 0 Å². The standard InChI is InChI=1S/C10H9NO2/c1-6-2-8-5-11-10(13)4-7(8)3-9(6)12/h2-5,12H,1H3,(H,11,13). The minimum atomic E-state index is -0.157. The van der Waals surface area contributed by atoms with Crippen molar-refractivity contribution in [1.29, 1.82) is 0 Å². The summed E-state index contributed by atoms with van der Waals surface area (Å²) in [6.45, 7) is 1.82. The lowest BCUT2D eigenvalue weighted by Crippen LogP contribution is -2.01. The van der Waals surface area contributed by atoms with Crippen LogP contribution in [0.15, 0.2) is 29.2 Å². The van der Waals surface area contributed by atoms with Crippen molar-refractivity contribution >= 4 is 10.8 Å². The van der Waals surface area contributed by atoms with Crippen molar-refractivity contribution in [2.45, 2.75) is 6.92 Å². The number of aryl methyl sites for hydroxylation is 1. The molecular formula is C10H9NO2.